The molecule has 1 fully saturated rings. The van der Waals surface area contributed by atoms with Crippen molar-refractivity contribution in [1.82, 2.24) is 5.32 Å². The van der Waals surface area contributed by atoms with Gasteiger partial charge in [-0.15, -0.1) is 0 Å². The standard InChI is InChI=1S/C14H22N2/c1-3-16(9-8-13-10-15-11-13)14-6-4-12(2)5-7-14/h4-7,13,15H,3,8-11H2,1-2H3. The summed E-state index contributed by atoms with van der Waals surface area (Å²) in [5.41, 5.74) is 2.70. The summed E-state index contributed by atoms with van der Waals surface area (Å²) in [6.45, 7) is 9.09. The molecule has 2 rings (SSSR count). The topological polar surface area (TPSA) is 15.3 Å². The van der Waals surface area contributed by atoms with Crippen LogP contribution < -0.4 is 10.2 Å². The Kier molecular flexibility index (Phi) is 3.83. The fraction of sp³-hybridized carbons (Fsp3) is 0.571. The van der Waals surface area contributed by atoms with E-state index in [9.17, 15) is 0 Å². The first kappa shape index (κ1) is 11.5. The molecule has 88 valence electrons. The molecular formula is C14H22N2. The van der Waals surface area contributed by atoms with E-state index in [0.29, 0.717) is 0 Å². The zero-order valence-electron chi connectivity index (χ0n) is 10.4. The lowest BCUT2D eigenvalue weighted by Crippen LogP contribution is -2.43. The minimum Gasteiger partial charge on any atom is -0.372 e. The van der Waals surface area contributed by atoms with Crippen molar-refractivity contribution in [2.45, 2.75) is 20.3 Å². The molecule has 0 atom stereocenters. The summed E-state index contributed by atoms with van der Waals surface area (Å²) in [5.74, 6) is 0.902. The van der Waals surface area contributed by atoms with Gasteiger partial charge in [0.05, 0.1) is 0 Å². The number of nitrogens with zero attached hydrogens (tertiary/aromatic N) is 1. The summed E-state index contributed by atoms with van der Waals surface area (Å²) in [6, 6.07) is 8.86. The molecule has 1 aromatic carbocycles. The third kappa shape index (κ3) is 2.76. The van der Waals surface area contributed by atoms with E-state index in [1.165, 1.54) is 37.3 Å². The summed E-state index contributed by atoms with van der Waals surface area (Å²) in [7, 11) is 0. The van der Waals surface area contributed by atoms with Crippen LogP contribution in [0.15, 0.2) is 24.3 Å². The molecule has 1 heterocycles. The highest BCUT2D eigenvalue weighted by atomic mass is 15.1. The van der Waals surface area contributed by atoms with Gasteiger partial charge in [0.2, 0.25) is 0 Å². The molecule has 0 aromatic heterocycles. The Balaban J connectivity index is 1.90. The molecule has 1 N–H and O–H groups in total. The van der Waals surface area contributed by atoms with Crippen molar-refractivity contribution in [1.29, 1.82) is 0 Å². The average molecular weight is 218 g/mol. The lowest BCUT2D eigenvalue weighted by molar-refractivity contribution is 0.329. The Morgan fingerprint density at radius 2 is 1.94 bits per heavy atom. The molecule has 0 spiro atoms. The monoisotopic (exact) mass is 218 g/mol. The zero-order valence-corrected chi connectivity index (χ0v) is 10.4. The van der Waals surface area contributed by atoms with Crippen LogP contribution in [0, 0.1) is 12.8 Å². The molecule has 2 nitrogen and oxygen atoms in total. The fourth-order valence-electron chi connectivity index (χ4n) is 2.12. The van der Waals surface area contributed by atoms with E-state index in [0.717, 1.165) is 12.5 Å². The van der Waals surface area contributed by atoms with Gasteiger partial charge in [-0.25, -0.2) is 0 Å². The maximum atomic E-state index is 3.33. The molecule has 1 aliphatic heterocycles. The van der Waals surface area contributed by atoms with E-state index in [-0.39, 0.29) is 0 Å². The Bertz CT molecular complexity index is 314. The highest BCUT2D eigenvalue weighted by Gasteiger charge is 2.17. The summed E-state index contributed by atoms with van der Waals surface area (Å²) in [4.78, 5) is 2.47. The van der Waals surface area contributed by atoms with Gasteiger partial charge in [0, 0.05) is 18.8 Å². The van der Waals surface area contributed by atoms with Crippen molar-refractivity contribution in [2.24, 2.45) is 5.92 Å². The van der Waals surface area contributed by atoms with Crippen LogP contribution in [0.25, 0.3) is 0 Å². The highest BCUT2D eigenvalue weighted by molar-refractivity contribution is 5.47. The Hall–Kier alpha value is -1.02. The lowest BCUT2D eigenvalue weighted by atomic mass is 9.99. The number of hydrogen-bond acceptors (Lipinski definition) is 2. The van der Waals surface area contributed by atoms with Crippen LogP contribution in [0.3, 0.4) is 0 Å². The third-order valence-corrected chi connectivity index (χ3v) is 3.45. The lowest BCUT2D eigenvalue weighted by Gasteiger charge is -2.31. The van der Waals surface area contributed by atoms with Gasteiger partial charge < -0.3 is 10.2 Å². The first-order valence-corrected chi connectivity index (χ1v) is 6.32. The molecule has 1 aliphatic rings. The molecule has 0 aliphatic carbocycles. The van der Waals surface area contributed by atoms with E-state index < -0.39 is 0 Å². The normalized spacial score (nSPS) is 15.9. The number of anilines is 1. The SMILES string of the molecule is CCN(CCC1CNC1)c1ccc(C)cc1. The summed E-state index contributed by atoms with van der Waals surface area (Å²) < 4.78 is 0. The summed E-state index contributed by atoms with van der Waals surface area (Å²) in [5, 5.41) is 3.33. The maximum absolute atomic E-state index is 3.33. The molecule has 2 heteroatoms. The van der Waals surface area contributed by atoms with E-state index in [4.69, 9.17) is 0 Å². The molecule has 0 unspecified atom stereocenters. The largest absolute Gasteiger partial charge is 0.372 e. The van der Waals surface area contributed by atoms with E-state index in [1.54, 1.807) is 0 Å². The molecule has 0 amide bonds. The number of aryl methyl sites for hydroxylation is 1. The van der Waals surface area contributed by atoms with Crippen molar-refractivity contribution in [3.8, 4) is 0 Å². The second-order valence-electron chi connectivity index (χ2n) is 4.73. The predicted molar refractivity (Wildman–Crippen MR) is 70.0 cm³/mol. The van der Waals surface area contributed by atoms with E-state index in [1.807, 2.05) is 0 Å². The number of benzene rings is 1. The molecule has 1 saturated heterocycles. The Morgan fingerprint density at radius 1 is 1.25 bits per heavy atom. The van der Waals surface area contributed by atoms with Gasteiger partial charge in [-0.1, -0.05) is 17.7 Å². The third-order valence-electron chi connectivity index (χ3n) is 3.45. The highest BCUT2D eigenvalue weighted by Crippen LogP contribution is 2.17. The van der Waals surface area contributed by atoms with Crippen LogP contribution in [0.4, 0.5) is 5.69 Å². The van der Waals surface area contributed by atoms with Crippen LogP contribution in [-0.4, -0.2) is 26.2 Å². The number of rotatable bonds is 5. The van der Waals surface area contributed by atoms with Crippen molar-refractivity contribution in [3.05, 3.63) is 29.8 Å². The predicted octanol–water partition coefficient (Wildman–Crippen LogP) is 2.43. The smallest absolute Gasteiger partial charge is 0.0366 e. The van der Waals surface area contributed by atoms with Crippen molar-refractivity contribution in [2.75, 3.05) is 31.1 Å². The summed E-state index contributed by atoms with van der Waals surface area (Å²) in [6.07, 6.45) is 1.31. The minimum atomic E-state index is 0.902. The van der Waals surface area contributed by atoms with Crippen molar-refractivity contribution in [3.63, 3.8) is 0 Å². The number of nitrogens with one attached hydrogen (secondary N) is 1. The van der Waals surface area contributed by atoms with Gasteiger partial charge in [-0.3, -0.25) is 0 Å². The Morgan fingerprint density at radius 3 is 2.44 bits per heavy atom. The molecule has 0 saturated carbocycles. The van der Waals surface area contributed by atoms with Gasteiger partial charge >= 0.3 is 0 Å². The molecular weight excluding hydrogens is 196 g/mol. The molecule has 0 radical (unpaired) electrons. The van der Waals surface area contributed by atoms with Crippen LogP contribution in [0.1, 0.15) is 18.9 Å². The van der Waals surface area contributed by atoms with E-state index in [2.05, 4.69) is 48.3 Å². The van der Waals surface area contributed by atoms with Crippen LogP contribution in [0.5, 0.6) is 0 Å². The first-order valence-electron chi connectivity index (χ1n) is 6.32. The van der Waals surface area contributed by atoms with Gasteiger partial charge in [0.15, 0.2) is 0 Å². The van der Waals surface area contributed by atoms with Crippen LogP contribution >= 0.6 is 0 Å². The van der Waals surface area contributed by atoms with Gasteiger partial charge in [-0.05, 0) is 51.4 Å². The molecule has 1 aromatic rings. The van der Waals surface area contributed by atoms with Gasteiger partial charge in [0.1, 0.15) is 0 Å². The van der Waals surface area contributed by atoms with Crippen LogP contribution in [-0.2, 0) is 0 Å². The number of hydrogen-bond donors (Lipinski definition) is 1. The van der Waals surface area contributed by atoms with Gasteiger partial charge in [0.25, 0.3) is 0 Å². The van der Waals surface area contributed by atoms with Crippen molar-refractivity contribution >= 4 is 5.69 Å². The molecule has 16 heavy (non-hydrogen) atoms. The maximum Gasteiger partial charge on any atom is 0.0366 e. The quantitative estimate of drug-likeness (QED) is 0.816. The summed E-state index contributed by atoms with van der Waals surface area (Å²) >= 11 is 0. The van der Waals surface area contributed by atoms with E-state index >= 15 is 0 Å². The zero-order chi connectivity index (χ0) is 11.4. The average Bonchev–Trinajstić information content (AvgIpc) is 2.24. The minimum absolute atomic E-state index is 0.902. The van der Waals surface area contributed by atoms with Crippen LogP contribution in [0.2, 0.25) is 0 Å². The molecule has 0 bridgehead atoms. The fourth-order valence-corrected chi connectivity index (χ4v) is 2.12. The first-order chi connectivity index (χ1) is 7.79. The second kappa shape index (κ2) is 5.35. The van der Waals surface area contributed by atoms with Gasteiger partial charge in [-0.2, -0.15) is 0 Å². The van der Waals surface area contributed by atoms with Crippen molar-refractivity contribution < 1.29 is 0 Å². The Labute approximate surface area is 98.7 Å². The second-order valence-corrected chi connectivity index (χ2v) is 4.73.